The fourth-order valence-corrected chi connectivity index (χ4v) is 2.11. The number of unbranched alkanes of at least 4 members (excludes halogenated alkanes) is 1. The van der Waals surface area contributed by atoms with Gasteiger partial charge < -0.3 is 9.64 Å². The smallest absolute Gasteiger partial charge is 0.240 e. The monoisotopic (exact) mass is 228 g/mol. The lowest BCUT2D eigenvalue weighted by atomic mass is 10.1. The van der Waals surface area contributed by atoms with E-state index in [1.165, 1.54) is 0 Å². The summed E-state index contributed by atoms with van der Waals surface area (Å²) >= 11 is 0. The molecule has 1 aliphatic heterocycles. The molecule has 0 bridgehead atoms. The van der Waals surface area contributed by atoms with E-state index in [9.17, 15) is 4.79 Å². The molecule has 0 radical (unpaired) electrons. The third-order valence-corrected chi connectivity index (χ3v) is 2.97. The standard InChI is InChI=1S/C12H24N2O2/c1-4-5-6-11-12(15)14(9-13-11)7-10(2)8-16-3/h10-11,13H,4-9H2,1-3H3. The molecular weight excluding hydrogens is 204 g/mol. The van der Waals surface area contributed by atoms with E-state index in [2.05, 4.69) is 19.2 Å². The number of rotatable bonds is 7. The Labute approximate surface area is 98.3 Å². The van der Waals surface area contributed by atoms with Gasteiger partial charge in [-0.3, -0.25) is 10.1 Å². The Morgan fingerprint density at radius 2 is 2.38 bits per heavy atom. The van der Waals surface area contributed by atoms with E-state index in [4.69, 9.17) is 4.74 Å². The molecule has 1 heterocycles. The molecule has 16 heavy (non-hydrogen) atoms. The van der Waals surface area contributed by atoms with E-state index >= 15 is 0 Å². The van der Waals surface area contributed by atoms with Crippen LogP contribution in [0.1, 0.15) is 33.1 Å². The average molecular weight is 228 g/mol. The highest BCUT2D eigenvalue weighted by molar-refractivity contribution is 5.83. The number of nitrogens with one attached hydrogen (secondary N) is 1. The molecule has 0 saturated carbocycles. The maximum absolute atomic E-state index is 12.0. The molecule has 1 saturated heterocycles. The zero-order valence-corrected chi connectivity index (χ0v) is 10.7. The first-order valence-corrected chi connectivity index (χ1v) is 6.20. The Kier molecular flexibility index (Phi) is 5.77. The SMILES string of the molecule is CCCCC1NCN(CC(C)COC)C1=O. The van der Waals surface area contributed by atoms with Crippen molar-refractivity contribution in [2.45, 2.75) is 39.2 Å². The lowest BCUT2D eigenvalue weighted by Crippen LogP contribution is -2.34. The predicted octanol–water partition coefficient (Wildman–Crippen LogP) is 1.22. The van der Waals surface area contributed by atoms with Gasteiger partial charge >= 0.3 is 0 Å². The number of amides is 1. The topological polar surface area (TPSA) is 41.6 Å². The molecule has 1 amide bonds. The van der Waals surface area contributed by atoms with Crippen LogP contribution in [0.5, 0.6) is 0 Å². The molecule has 1 fully saturated rings. The van der Waals surface area contributed by atoms with Crippen LogP contribution in [-0.2, 0) is 9.53 Å². The van der Waals surface area contributed by atoms with Gasteiger partial charge in [0.25, 0.3) is 0 Å². The van der Waals surface area contributed by atoms with E-state index in [1.807, 2.05) is 4.90 Å². The van der Waals surface area contributed by atoms with Crippen molar-refractivity contribution in [3.05, 3.63) is 0 Å². The van der Waals surface area contributed by atoms with Crippen LogP contribution in [0.25, 0.3) is 0 Å². The quantitative estimate of drug-likeness (QED) is 0.712. The first-order valence-electron chi connectivity index (χ1n) is 6.20. The van der Waals surface area contributed by atoms with E-state index in [1.54, 1.807) is 7.11 Å². The first kappa shape index (κ1) is 13.5. The van der Waals surface area contributed by atoms with Gasteiger partial charge in [-0.25, -0.2) is 0 Å². The molecule has 4 heteroatoms. The fraction of sp³-hybridized carbons (Fsp3) is 0.917. The van der Waals surface area contributed by atoms with Crippen molar-refractivity contribution in [2.75, 3.05) is 26.9 Å². The minimum atomic E-state index is 0.0506. The summed E-state index contributed by atoms with van der Waals surface area (Å²) < 4.78 is 5.08. The summed E-state index contributed by atoms with van der Waals surface area (Å²) in [5, 5.41) is 3.27. The summed E-state index contributed by atoms with van der Waals surface area (Å²) in [5.41, 5.74) is 0. The van der Waals surface area contributed by atoms with E-state index in [0.717, 1.165) is 25.8 Å². The Morgan fingerprint density at radius 3 is 3.00 bits per heavy atom. The summed E-state index contributed by atoms with van der Waals surface area (Å²) in [6.07, 6.45) is 3.22. The van der Waals surface area contributed by atoms with Crippen LogP contribution in [0.15, 0.2) is 0 Å². The number of hydrogen-bond acceptors (Lipinski definition) is 3. The van der Waals surface area contributed by atoms with Gasteiger partial charge in [-0.1, -0.05) is 26.7 Å². The van der Waals surface area contributed by atoms with Gasteiger partial charge in [0.1, 0.15) is 0 Å². The number of carbonyl (C=O) groups is 1. The lowest BCUT2D eigenvalue weighted by molar-refractivity contribution is -0.129. The molecule has 1 aliphatic rings. The van der Waals surface area contributed by atoms with Gasteiger partial charge in [0.05, 0.1) is 19.3 Å². The molecule has 94 valence electrons. The molecular formula is C12H24N2O2. The highest BCUT2D eigenvalue weighted by Gasteiger charge is 2.30. The van der Waals surface area contributed by atoms with Crippen LogP contribution < -0.4 is 5.32 Å². The van der Waals surface area contributed by atoms with Crippen molar-refractivity contribution in [1.82, 2.24) is 10.2 Å². The predicted molar refractivity (Wildman–Crippen MR) is 64.1 cm³/mol. The number of hydrogen-bond donors (Lipinski definition) is 1. The third kappa shape index (κ3) is 3.76. The van der Waals surface area contributed by atoms with Crippen LogP contribution in [0, 0.1) is 5.92 Å². The van der Waals surface area contributed by atoms with Crippen LogP contribution in [0.2, 0.25) is 0 Å². The summed E-state index contributed by atoms with van der Waals surface area (Å²) in [6.45, 7) is 6.46. The Morgan fingerprint density at radius 1 is 1.62 bits per heavy atom. The van der Waals surface area contributed by atoms with Crippen molar-refractivity contribution < 1.29 is 9.53 Å². The summed E-state index contributed by atoms with van der Waals surface area (Å²) in [7, 11) is 1.70. The average Bonchev–Trinajstić information content (AvgIpc) is 2.58. The second-order valence-electron chi connectivity index (χ2n) is 4.68. The molecule has 2 atom stereocenters. The maximum Gasteiger partial charge on any atom is 0.240 e. The van der Waals surface area contributed by atoms with Crippen LogP contribution in [0.3, 0.4) is 0 Å². The van der Waals surface area contributed by atoms with Gasteiger partial charge in [0, 0.05) is 13.7 Å². The summed E-state index contributed by atoms with van der Waals surface area (Å²) in [4.78, 5) is 13.9. The molecule has 0 aromatic heterocycles. The van der Waals surface area contributed by atoms with Crippen molar-refractivity contribution in [2.24, 2.45) is 5.92 Å². The zero-order valence-electron chi connectivity index (χ0n) is 10.7. The summed E-state index contributed by atoms with van der Waals surface area (Å²) in [6, 6.07) is 0.0506. The number of carbonyl (C=O) groups excluding carboxylic acids is 1. The van der Waals surface area contributed by atoms with Crippen molar-refractivity contribution in [1.29, 1.82) is 0 Å². The summed E-state index contributed by atoms with van der Waals surface area (Å²) in [5.74, 6) is 0.664. The molecule has 0 spiro atoms. The van der Waals surface area contributed by atoms with Gasteiger partial charge in [-0.2, -0.15) is 0 Å². The normalized spacial score (nSPS) is 22.8. The molecule has 0 aliphatic carbocycles. The molecule has 0 aromatic carbocycles. The van der Waals surface area contributed by atoms with E-state index in [-0.39, 0.29) is 11.9 Å². The van der Waals surface area contributed by atoms with Gasteiger partial charge in [-0.15, -0.1) is 0 Å². The molecule has 1 N–H and O–H groups in total. The van der Waals surface area contributed by atoms with Gasteiger partial charge in [-0.05, 0) is 12.3 Å². The number of ether oxygens (including phenoxy) is 1. The number of methoxy groups -OCH3 is 1. The van der Waals surface area contributed by atoms with Crippen LogP contribution in [0.4, 0.5) is 0 Å². The largest absolute Gasteiger partial charge is 0.384 e. The molecule has 4 nitrogen and oxygen atoms in total. The Bertz CT molecular complexity index is 221. The van der Waals surface area contributed by atoms with Crippen LogP contribution in [-0.4, -0.2) is 43.8 Å². The third-order valence-electron chi connectivity index (χ3n) is 2.97. The highest BCUT2D eigenvalue weighted by atomic mass is 16.5. The Hall–Kier alpha value is -0.610. The maximum atomic E-state index is 12.0. The first-order chi connectivity index (χ1) is 7.69. The minimum Gasteiger partial charge on any atom is -0.384 e. The molecule has 2 unspecified atom stereocenters. The second-order valence-corrected chi connectivity index (χ2v) is 4.68. The number of nitrogens with zero attached hydrogens (tertiary/aromatic N) is 1. The van der Waals surface area contributed by atoms with Crippen LogP contribution >= 0.6 is 0 Å². The Balaban J connectivity index is 2.32. The zero-order chi connectivity index (χ0) is 12.0. The van der Waals surface area contributed by atoms with E-state index < -0.39 is 0 Å². The highest BCUT2D eigenvalue weighted by Crippen LogP contribution is 2.12. The fourth-order valence-electron chi connectivity index (χ4n) is 2.11. The van der Waals surface area contributed by atoms with Crippen molar-refractivity contribution in [3.8, 4) is 0 Å². The molecule has 0 aromatic rings. The lowest BCUT2D eigenvalue weighted by Gasteiger charge is -2.19. The molecule has 1 rings (SSSR count). The second kappa shape index (κ2) is 6.86. The van der Waals surface area contributed by atoms with Crippen molar-refractivity contribution >= 4 is 5.91 Å². The van der Waals surface area contributed by atoms with Gasteiger partial charge in [0.15, 0.2) is 0 Å². The van der Waals surface area contributed by atoms with E-state index in [0.29, 0.717) is 19.2 Å². The van der Waals surface area contributed by atoms with Crippen molar-refractivity contribution in [3.63, 3.8) is 0 Å². The van der Waals surface area contributed by atoms with Gasteiger partial charge in [0.2, 0.25) is 5.91 Å². The minimum absolute atomic E-state index is 0.0506.